The molecule has 10 rings (SSSR count). The van der Waals surface area contributed by atoms with E-state index in [0.717, 1.165) is 45.4 Å². The Morgan fingerprint density at radius 1 is 0.580 bits per heavy atom. The fourth-order valence-electron chi connectivity index (χ4n) is 7.81. The Morgan fingerprint density at radius 3 is 2.28 bits per heavy atom. The Hall–Kier alpha value is -5.90. The van der Waals surface area contributed by atoms with Gasteiger partial charge in [-0.25, -0.2) is 0 Å². The highest BCUT2D eigenvalue weighted by Crippen LogP contribution is 2.46. The fraction of sp³-hybridized carbons (Fsp3) is 0.0638. The van der Waals surface area contributed by atoms with Gasteiger partial charge in [-0.2, -0.15) is 0 Å². The summed E-state index contributed by atoms with van der Waals surface area (Å²) in [7, 11) is 0. The number of para-hydroxylation sites is 2. The van der Waals surface area contributed by atoms with Crippen molar-refractivity contribution in [2.75, 3.05) is 4.90 Å². The molecule has 1 aliphatic rings. The van der Waals surface area contributed by atoms with E-state index >= 15 is 0 Å². The van der Waals surface area contributed by atoms with Crippen LogP contribution in [0.15, 0.2) is 162 Å². The van der Waals surface area contributed by atoms with Crippen LogP contribution in [0.1, 0.15) is 29.7 Å². The van der Waals surface area contributed by atoms with Crippen LogP contribution in [-0.4, -0.2) is 0 Å². The molecule has 50 heavy (non-hydrogen) atoms. The Morgan fingerprint density at radius 2 is 1.32 bits per heavy atom. The van der Waals surface area contributed by atoms with Crippen LogP contribution < -0.4 is 4.90 Å². The van der Waals surface area contributed by atoms with E-state index in [0.29, 0.717) is 5.92 Å². The SMILES string of the molecule is CC1CC=Cc2c1sc1ccc(-c3cccc(N(c4ccc5c(c4)oc4ccccc45)c4ccccc4-c4cccc5ccccc45)c3)cc21. The second-order valence-corrected chi connectivity index (χ2v) is 14.4. The quantitative estimate of drug-likeness (QED) is 0.183. The van der Waals surface area contributed by atoms with Crippen LogP contribution in [0, 0.1) is 0 Å². The highest BCUT2D eigenvalue weighted by Gasteiger charge is 2.22. The summed E-state index contributed by atoms with van der Waals surface area (Å²) in [5.41, 5.74) is 11.2. The van der Waals surface area contributed by atoms with Gasteiger partial charge in [0.15, 0.2) is 0 Å². The number of nitrogens with zero attached hydrogens (tertiary/aromatic N) is 1. The summed E-state index contributed by atoms with van der Waals surface area (Å²) in [6.07, 6.45) is 5.77. The van der Waals surface area contributed by atoms with Gasteiger partial charge in [-0.3, -0.25) is 0 Å². The van der Waals surface area contributed by atoms with Gasteiger partial charge in [0, 0.05) is 48.7 Å². The van der Waals surface area contributed by atoms with Crippen molar-refractivity contribution >= 4 is 77.3 Å². The number of hydrogen-bond acceptors (Lipinski definition) is 3. The van der Waals surface area contributed by atoms with E-state index < -0.39 is 0 Å². The number of thiophene rings is 1. The monoisotopic (exact) mass is 659 g/mol. The zero-order valence-electron chi connectivity index (χ0n) is 27.6. The summed E-state index contributed by atoms with van der Waals surface area (Å²) in [4.78, 5) is 3.90. The molecule has 3 heteroatoms. The maximum absolute atomic E-state index is 6.44. The lowest BCUT2D eigenvalue weighted by Crippen LogP contribution is -2.11. The molecule has 2 aromatic heterocycles. The smallest absolute Gasteiger partial charge is 0.137 e. The summed E-state index contributed by atoms with van der Waals surface area (Å²) in [6.45, 7) is 2.34. The maximum Gasteiger partial charge on any atom is 0.137 e. The molecule has 1 aliphatic carbocycles. The second-order valence-electron chi connectivity index (χ2n) is 13.3. The number of furan rings is 1. The molecule has 0 saturated heterocycles. The van der Waals surface area contributed by atoms with Gasteiger partial charge >= 0.3 is 0 Å². The van der Waals surface area contributed by atoms with E-state index in [1.54, 1.807) is 0 Å². The van der Waals surface area contributed by atoms with Crippen LogP contribution in [0.5, 0.6) is 0 Å². The van der Waals surface area contributed by atoms with Crippen molar-refractivity contribution in [1.29, 1.82) is 0 Å². The molecule has 238 valence electrons. The number of benzene rings is 7. The van der Waals surface area contributed by atoms with Crippen LogP contribution in [0.25, 0.3) is 71.1 Å². The van der Waals surface area contributed by atoms with E-state index in [4.69, 9.17) is 4.42 Å². The second kappa shape index (κ2) is 11.6. The molecular weight excluding hydrogens is 627 g/mol. The molecule has 7 aromatic carbocycles. The van der Waals surface area contributed by atoms with E-state index in [1.807, 2.05) is 23.5 Å². The molecule has 0 spiro atoms. The molecule has 1 atom stereocenters. The van der Waals surface area contributed by atoms with Crippen LogP contribution in [-0.2, 0) is 0 Å². The minimum Gasteiger partial charge on any atom is -0.456 e. The predicted octanol–water partition coefficient (Wildman–Crippen LogP) is 14.3. The van der Waals surface area contributed by atoms with Gasteiger partial charge in [0.05, 0.1) is 5.69 Å². The molecule has 1 unspecified atom stereocenters. The first-order valence-electron chi connectivity index (χ1n) is 17.3. The Balaban J connectivity index is 1.18. The Bertz CT molecular complexity index is 2780. The zero-order chi connectivity index (χ0) is 33.2. The van der Waals surface area contributed by atoms with Gasteiger partial charge in [0.25, 0.3) is 0 Å². The molecule has 9 aromatic rings. The molecule has 0 saturated carbocycles. The Labute approximate surface area is 295 Å². The van der Waals surface area contributed by atoms with Crippen LogP contribution in [0.4, 0.5) is 17.1 Å². The van der Waals surface area contributed by atoms with Crippen molar-refractivity contribution in [3.05, 3.63) is 168 Å². The third kappa shape index (κ3) is 4.69. The van der Waals surface area contributed by atoms with Crippen LogP contribution >= 0.6 is 11.3 Å². The molecule has 0 amide bonds. The molecular formula is C47H33NOS. The molecule has 0 N–H and O–H groups in total. The first-order chi connectivity index (χ1) is 24.7. The number of anilines is 3. The third-order valence-corrected chi connectivity index (χ3v) is 11.7. The average molecular weight is 660 g/mol. The van der Waals surface area contributed by atoms with Gasteiger partial charge in [-0.05, 0) is 93.9 Å². The summed E-state index contributed by atoms with van der Waals surface area (Å²) >= 11 is 1.95. The van der Waals surface area contributed by atoms with Gasteiger partial charge in [-0.15, -0.1) is 11.3 Å². The number of hydrogen-bond donors (Lipinski definition) is 0. The van der Waals surface area contributed by atoms with Crippen molar-refractivity contribution in [1.82, 2.24) is 0 Å². The normalized spacial score (nSPS) is 14.1. The molecule has 2 heterocycles. The van der Waals surface area contributed by atoms with E-state index in [-0.39, 0.29) is 0 Å². The van der Waals surface area contributed by atoms with Gasteiger partial charge < -0.3 is 9.32 Å². The van der Waals surface area contributed by atoms with E-state index in [2.05, 4.69) is 164 Å². The maximum atomic E-state index is 6.44. The number of allylic oxidation sites excluding steroid dienone is 1. The molecule has 2 nitrogen and oxygen atoms in total. The minimum atomic E-state index is 0.568. The highest BCUT2D eigenvalue weighted by atomic mass is 32.1. The largest absolute Gasteiger partial charge is 0.456 e. The topological polar surface area (TPSA) is 16.4 Å². The summed E-state index contributed by atoms with van der Waals surface area (Å²) in [6, 6.07) is 54.9. The molecule has 0 aliphatic heterocycles. The summed E-state index contributed by atoms with van der Waals surface area (Å²) in [5, 5.41) is 6.07. The van der Waals surface area contributed by atoms with Gasteiger partial charge in [-0.1, -0.05) is 116 Å². The number of rotatable bonds is 5. The van der Waals surface area contributed by atoms with Crippen molar-refractivity contribution in [2.24, 2.45) is 0 Å². The Kier molecular flexibility index (Phi) is 6.75. The molecule has 0 fully saturated rings. The first kappa shape index (κ1) is 29.1. The highest BCUT2D eigenvalue weighted by molar-refractivity contribution is 7.19. The van der Waals surface area contributed by atoms with Crippen molar-refractivity contribution in [3.63, 3.8) is 0 Å². The predicted molar refractivity (Wildman–Crippen MR) is 214 cm³/mol. The van der Waals surface area contributed by atoms with Crippen molar-refractivity contribution in [3.8, 4) is 22.3 Å². The summed E-state index contributed by atoms with van der Waals surface area (Å²) in [5.74, 6) is 0.568. The van der Waals surface area contributed by atoms with E-state index in [9.17, 15) is 0 Å². The minimum absolute atomic E-state index is 0.568. The zero-order valence-corrected chi connectivity index (χ0v) is 28.5. The van der Waals surface area contributed by atoms with E-state index in [1.165, 1.54) is 53.6 Å². The lowest BCUT2D eigenvalue weighted by atomic mass is 9.93. The van der Waals surface area contributed by atoms with Crippen molar-refractivity contribution < 1.29 is 4.42 Å². The van der Waals surface area contributed by atoms with Crippen LogP contribution in [0.2, 0.25) is 0 Å². The van der Waals surface area contributed by atoms with Crippen molar-refractivity contribution in [2.45, 2.75) is 19.3 Å². The lowest BCUT2D eigenvalue weighted by molar-refractivity contribution is 0.669. The average Bonchev–Trinajstić information content (AvgIpc) is 3.74. The molecule has 0 bridgehead atoms. The van der Waals surface area contributed by atoms with Gasteiger partial charge in [0.1, 0.15) is 11.2 Å². The first-order valence-corrected chi connectivity index (χ1v) is 18.1. The number of fused-ring (bicyclic) bond motifs is 7. The lowest BCUT2D eigenvalue weighted by Gasteiger charge is -2.28. The molecule has 0 radical (unpaired) electrons. The third-order valence-electron chi connectivity index (χ3n) is 10.3. The summed E-state index contributed by atoms with van der Waals surface area (Å²) < 4.78 is 7.79. The fourth-order valence-corrected chi connectivity index (χ4v) is 9.05. The van der Waals surface area contributed by atoms with Gasteiger partial charge in [0.2, 0.25) is 0 Å². The standard InChI is InChI=1S/C47H33NOS/c1-30-11-8-20-41-42-28-33(23-26-46(42)50-47(30)41)32-14-9-15-34(27-32)48(35-24-25-40-39-18-5-7-22-44(39)49-45(40)29-35)43-21-6-4-17-38(43)37-19-10-13-31-12-2-3-16-36(31)37/h2-10,12-30H,11H2,1H3. The van der Waals surface area contributed by atoms with Crippen LogP contribution in [0.3, 0.4) is 0 Å².